The number of ether oxygens (including phenoxy) is 1. The molecule has 0 aromatic carbocycles. The molecule has 1 aromatic heterocycles. The zero-order valence-electron chi connectivity index (χ0n) is 11.9. The van der Waals surface area contributed by atoms with Gasteiger partial charge in [0, 0.05) is 6.04 Å². The molecule has 19 heavy (non-hydrogen) atoms. The fourth-order valence-corrected chi connectivity index (χ4v) is 2.33. The molecular formula is C13H24N4O2. The molecule has 0 saturated heterocycles. The number of hydrogen-bond donors (Lipinski definition) is 3. The Bertz CT molecular complexity index is 378. The van der Waals surface area contributed by atoms with Crippen molar-refractivity contribution in [3.63, 3.8) is 0 Å². The first-order valence-corrected chi connectivity index (χ1v) is 6.85. The van der Waals surface area contributed by atoms with Crippen LogP contribution in [0.2, 0.25) is 0 Å². The van der Waals surface area contributed by atoms with Crippen molar-refractivity contribution < 1.29 is 9.84 Å². The number of aromatic amines is 1. The van der Waals surface area contributed by atoms with Gasteiger partial charge in [0.1, 0.15) is 6.33 Å². The SMILES string of the molecule is CC(C)(O)COC1(C)CCC(Nc2nc[nH]n2)CC1. The molecule has 6 heteroatoms. The van der Waals surface area contributed by atoms with E-state index in [1.165, 1.54) is 0 Å². The van der Waals surface area contributed by atoms with E-state index in [4.69, 9.17) is 4.74 Å². The standard InChI is InChI=1S/C13H24N4O2/c1-12(2,18)8-19-13(3)6-4-10(5-7-13)16-11-14-9-15-17-11/h9-10,18H,4-8H2,1-3H3,(H2,14,15,16,17). The molecule has 0 aliphatic heterocycles. The highest BCUT2D eigenvalue weighted by Crippen LogP contribution is 2.33. The number of aromatic nitrogens is 3. The van der Waals surface area contributed by atoms with Crippen LogP contribution in [0.5, 0.6) is 0 Å². The second kappa shape index (κ2) is 5.46. The molecule has 6 nitrogen and oxygen atoms in total. The van der Waals surface area contributed by atoms with Crippen molar-refractivity contribution in [2.75, 3.05) is 11.9 Å². The van der Waals surface area contributed by atoms with Crippen molar-refractivity contribution in [3.05, 3.63) is 6.33 Å². The Morgan fingerprint density at radius 3 is 2.74 bits per heavy atom. The topological polar surface area (TPSA) is 83.1 Å². The summed E-state index contributed by atoms with van der Waals surface area (Å²) in [6.07, 6.45) is 5.58. The van der Waals surface area contributed by atoms with Crippen molar-refractivity contribution in [2.45, 2.75) is 63.7 Å². The van der Waals surface area contributed by atoms with Crippen LogP contribution in [-0.2, 0) is 4.74 Å². The third-order valence-corrected chi connectivity index (χ3v) is 3.57. The van der Waals surface area contributed by atoms with Crippen LogP contribution in [0.3, 0.4) is 0 Å². The van der Waals surface area contributed by atoms with Crippen molar-refractivity contribution in [3.8, 4) is 0 Å². The molecule has 3 N–H and O–H groups in total. The average molecular weight is 268 g/mol. The van der Waals surface area contributed by atoms with Crippen LogP contribution in [0.25, 0.3) is 0 Å². The van der Waals surface area contributed by atoms with Gasteiger partial charge in [-0.1, -0.05) is 0 Å². The van der Waals surface area contributed by atoms with Crippen LogP contribution in [0.1, 0.15) is 46.5 Å². The third-order valence-electron chi connectivity index (χ3n) is 3.57. The molecule has 108 valence electrons. The molecule has 0 amide bonds. The number of H-pyrrole nitrogens is 1. The molecule has 0 atom stereocenters. The molecule has 2 rings (SSSR count). The second-order valence-electron chi connectivity index (χ2n) is 6.29. The van der Waals surface area contributed by atoms with E-state index in [1.54, 1.807) is 20.2 Å². The van der Waals surface area contributed by atoms with Crippen LogP contribution in [-0.4, -0.2) is 44.1 Å². The highest BCUT2D eigenvalue weighted by atomic mass is 16.5. The highest BCUT2D eigenvalue weighted by molar-refractivity contribution is 5.23. The monoisotopic (exact) mass is 268 g/mol. The lowest BCUT2D eigenvalue weighted by Gasteiger charge is -2.38. The Balaban J connectivity index is 1.78. The van der Waals surface area contributed by atoms with Crippen LogP contribution in [0.15, 0.2) is 6.33 Å². The zero-order chi connectivity index (χ0) is 13.9. The van der Waals surface area contributed by atoms with Gasteiger partial charge in [-0.2, -0.15) is 0 Å². The second-order valence-corrected chi connectivity index (χ2v) is 6.29. The smallest absolute Gasteiger partial charge is 0.242 e. The Morgan fingerprint density at radius 1 is 1.53 bits per heavy atom. The Morgan fingerprint density at radius 2 is 2.21 bits per heavy atom. The van der Waals surface area contributed by atoms with Crippen molar-refractivity contribution in [1.29, 1.82) is 0 Å². The molecule has 0 spiro atoms. The lowest BCUT2D eigenvalue weighted by Crippen LogP contribution is -2.41. The van der Waals surface area contributed by atoms with Gasteiger partial charge in [-0.15, -0.1) is 5.10 Å². The van der Waals surface area contributed by atoms with Gasteiger partial charge < -0.3 is 15.2 Å². The van der Waals surface area contributed by atoms with E-state index in [0.29, 0.717) is 18.6 Å². The van der Waals surface area contributed by atoms with Crippen LogP contribution < -0.4 is 5.32 Å². The van der Waals surface area contributed by atoms with E-state index in [1.807, 2.05) is 0 Å². The van der Waals surface area contributed by atoms with Crippen LogP contribution in [0, 0.1) is 0 Å². The van der Waals surface area contributed by atoms with Gasteiger partial charge in [0.15, 0.2) is 0 Å². The predicted molar refractivity (Wildman–Crippen MR) is 72.9 cm³/mol. The molecule has 1 fully saturated rings. The Kier molecular flexibility index (Phi) is 4.10. The summed E-state index contributed by atoms with van der Waals surface area (Å²) >= 11 is 0. The normalized spacial score (nSPS) is 28.3. The average Bonchev–Trinajstić information content (AvgIpc) is 2.82. The maximum absolute atomic E-state index is 9.73. The van der Waals surface area contributed by atoms with Crippen LogP contribution in [0.4, 0.5) is 5.95 Å². The number of aliphatic hydroxyl groups is 1. The first-order valence-electron chi connectivity index (χ1n) is 6.85. The van der Waals surface area contributed by atoms with E-state index in [2.05, 4.69) is 27.4 Å². The molecule has 1 heterocycles. The molecule has 0 radical (unpaired) electrons. The Labute approximate surface area is 114 Å². The highest BCUT2D eigenvalue weighted by Gasteiger charge is 2.33. The lowest BCUT2D eigenvalue weighted by molar-refractivity contribution is -0.114. The Hall–Kier alpha value is -1.14. The number of anilines is 1. The molecule has 1 aliphatic rings. The minimum Gasteiger partial charge on any atom is -0.388 e. The van der Waals surface area contributed by atoms with Gasteiger partial charge in [0.05, 0.1) is 17.8 Å². The van der Waals surface area contributed by atoms with E-state index in [0.717, 1.165) is 25.7 Å². The predicted octanol–water partition coefficient (Wildman–Crippen LogP) is 1.71. The summed E-state index contributed by atoms with van der Waals surface area (Å²) in [7, 11) is 0. The quantitative estimate of drug-likeness (QED) is 0.757. The molecular weight excluding hydrogens is 244 g/mol. The van der Waals surface area contributed by atoms with E-state index in [9.17, 15) is 5.11 Å². The summed E-state index contributed by atoms with van der Waals surface area (Å²) in [5.41, 5.74) is -0.895. The maximum Gasteiger partial charge on any atom is 0.242 e. The van der Waals surface area contributed by atoms with Crippen molar-refractivity contribution in [1.82, 2.24) is 15.2 Å². The zero-order valence-corrected chi connectivity index (χ0v) is 11.9. The lowest BCUT2D eigenvalue weighted by atomic mass is 9.83. The van der Waals surface area contributed by atoms with E-state index < -0.39 is 5.60 Å². The van der Waals surface area contributed by atoms with E-state index in [-0.39, 0.29) is 5.60 Å². The first kappa shape index (κ1) is 14.3. The summed E-state index contributed by atoms with van der Waals surface area (Å²) < 4.78 is 5.90. The summed E-state index contributed by atoms with van der Waals surface area (Å²) in [5, 5.41) is 19.7. The van der Waals surface area contributed by atoms with Gasteiger partial charge in [-0.3, -0.25) is 5.10 Å². The number of hydrogen-bond acceptors (Lipinski definition) is 5. The van der Waals surface area contributed by atoms with Gasteiger partial charge >= 0.3 is 0 Å². The fourth-order valence-electron chi connectivity index (χ4n) is 2.33. The largest absolute Gasteiger partial charge is 0.388 e. The molecule has 0 bridgehead atoms. The van der Waals surface area contributed by atoms with Crippen molar-refractivity contribution in [2.24, 2.45) is 0 Å². The number of nitrogens with zero attached hydrogens (tertiary/aromatic N) is 2. The minimum atomic E-state index is -0.767. The first-order chi connectivity index (χ1) is 8.86. The van der Waals surface area contributed by atoms with Gasteiger partial charge in [0.2, 0.25) is 5.95 Å². The maximum atomic E-state index is 9.73. The molecule has 1 aliphatic carbocycles. The summed E-state index contributed by atoms with van der Waals surface area (Å²) in [6.45, 7) is 6.05. The summed E-state index contributed by atoms with van der Waals surface area (Å²) in [5.74, 6) is 0.658. The minimum absolute atomic E-state index is 0.128. The summed E-state index contributed by atoms with van der Waals surface area (Å²) in [4.78, 5) is 4.07. The summed E-state index contributed by atoms with van der Waals surface area (Å²) in [6, 6.07) is 0.398. The van der Waals surface area contributed by atoms with Gasteiger partial charge in [-0.05, 0) is 46.5 Å². The third kappa shape index (κ3) is 4.47. The van der Waals surface area contributed by atoms with E-state index >= 15 is 0 Å². The van der Waals surface area contributed by atoms with Crippen molar-refractivity contribution >= 4 is 5.95 Å². The molecule has 1 saturated carbocycles. The number of nitrogens with one attached hydrogen (secondary N) is 2. The van der Waals surface area contributed by atoms with Gasteiger partial charge in [0.25, 0.3) is 0 Å². The molecule has 0 unspecified atom stereocenters. The number of rotatable bonds is 5. The van der Waals surface area contributed by atoms with Crippen LogP contribution >= 0.6 is 0 Å². The fraction of sp³-hybridized carbons (Fsp3) is 0.846. The van der Waals surface area contributed by atoms with Gasteiger partial charge in [-0.25, -0.2) is 4.98 Å². The molecule has 1 aromatic rings.